The molecular formula is C20H22ClFN2O3S. The van der Waals surface area contributed by atoms with Crippen LogP contribution in [0.3, 0.4) is 0 Å². The number of hydrogen-bond donors (Lipinski definition) is 1. The van der Waals surface area contributed by atoms with E-state index in [1.54, 1.807) is 12.1 Å². The lowest BCUT2D eigenvalue weighted by Crippen LogP contribution is -2.39. The van der Waals surface area contributed by atoms with Gasteiger partial charge in [-0.1, -0.05) is 30.7 Å². The molecule has 28 heavy (non-hydrogen) atoms. The third-order valence-electron chi connectivity index (χ3n) is 4.80. The zero-order valence-electron chi connectivity index (χ0n) is 15.5. The van der Waals surface area contributed by atoms with Crippen LogP contribution in [0.1, 0.15) is 35.7 Å². The standard InChI is InChI=1S/C20H22ClFN2O3S/c1-14-3-2-10-24(13-14)28(26,27)19-11-16(6-9-18(19)21)20(25)23-12-15-4-7-17(22)8-5-15/h4-9,11,14H,2-3,10,12-13H2,1H3,(H,23,25)/t14-/m0/s1. The Morgan fingerprint density at radius 1 is 1.25 bits per heavy atom. The van der Waals surface area contributed by atoms with E-state index in [0.29, 0.717) is 13.1 Å². The average molecular weight is 425 g/mol. The molecule has 1 atom stereocenters. The molecule has 150 valence electrons. The molecule has 1 fully saturated rings. The van der Waals surface area contributed by atoms with Gasteiger partial charge in [0.15, 0.2) is 0 Å². The summed E-state index contributed by atoms with van der Waals surface area (Å²) in [5.74, 6) is -0.497. The predicted molar refractivity (Wildman–Crippen MR) is 106 cm³/mol. The monoisotopic (exact) mass is 424 g/mol. The van der Waals surface area contributed by atoms with Crippen LogP contribution in [0.15, 0.2) is 47.4 Å². The van der Waals surface area contributed by atoms with Gasteiger partial charge in [-0.3, -0.25) is 4.79 Å². The van der Waals surface area contributed by atoms with E-state index in [-0.39, 0.29) is 33.8 Å². The van der Waals surface area contributed by atoms with Crippen molar-refractivity contribution >= 4 is 27.5 Å². The van der Waals surface area contributed by atoms with E-state index in [9.17, 15) is 17.6 Å². The van der Waals surface area contributed by atoms with Crippen LogP contribution in [0.2, 0.25) is 5.02 Å². The Bertz CT molecular complexity index is 964. The molecule has 0 radical (unpaired) electrons. The fraction of sp³-hybridized carbons (Fsp3) is 0.350. The van der Waals surface area contributed by atoms with E-state index in [2.05, 4.69) is 5.32 Å². The summed E-state index contributed by atoms with van der Waals surface area (Å²) in [5.41, 5.74) is 0.939. The highest BCUT2D eigenvalue weighted by molar-refractivity contribution is 7.89. The Labute approximate surface area is 169 Å². The number of nitrogens with one attached hydrogen (secondary N) is 1. The zero-order chi connectivity index (χ0) is 20.3. The largest absolute Gasteiger partial charge is 0.348 e. The Hall–Kier alpha value is -1.96. The van der Waals surface area contributed by atoms with Gasteiger partial charge in [-0.05, 0) is 54.7 Å². The maximum absolute atomic E-state index is 13.0. The van der Waals surface area contributed by atoms with Crippen LogP contribution in [0.5, 0.6) is 0 Å². The van der Waals surface area contributed by atoms with Crippen molar-refractivity contribution in [3.63, 3.8) is 0 Å². The van der Waals surface area contributed by atoms with Crippen LogP contribution in [-0.4, -0.2) is 31.7 Å². The molecule has 0 saturated carbocycles. The second kappa shape index (κ2) is 8.59. The Morgan fingerprint density at radius 2 is 1.96 bits per heavy atom. The molecule has 2 aromatic carbocycles. The molecule has 1 amide bonds. The van der Waals surface area contributed by atoms with E-state index in [0.717, 1.165) is 18.4 Å². The molecule has 5 nitrogen and oxygen atoms in total. The van der Waals surface area contributed by atoms with Crippen molar-refractivity contribution in [1.29, 1.82) is 0 Å². The van der Waals surface area contributed by atoms with E-state index >= 15 is 0 Å². The molecule has 0 aliphatic carbocycles. The molecule has 1 aliphatic heterocycles. The first-order chi connectivity index (χ1) is 13.3. The fourth-order valence-corrected chi connectivity index (χ4v) is 5.33. The topological polar surface area (TPSA) is 66.5 Å². The van der Waals surface area contributed by atoms with Crippen molar-refractivity contribution in [1.82, 2.24) is 9.62 Å². The lowest BCUT2D eigenvalue weighted by molar-refractivity contribution is 0.0950. The third-order valence-corrected chi connectivity index (χ3v) is 7.14. The maximum Gasteiger partial charge on any atom is 0.251 e. The lowest BCUT2D eigenvalue weighted by atomic mass is 10.0. The van der Waals surface area contributed by atoms with Crippen molar-refractivity contribution in [2.45, 2.75) is 31.2 Å². The molecule has 1 N–H and O–H groups in total. The predicted octanol–water partition coefficient (Wildman–Crippen LogP) is 3.83. The first-order valence-corrected chi connectivity index (χ1v) is 10.9. The number of carbonyl (C=O) groups is 1. The number of hydrogen-bond acceptors (Lipinski definition) is 3. The van der Waals surface area contributed by atoms with Gasteiger partial charge in [-0.2, -0.15) is 4.31 Å². The Morgan fingerprint density at radius 3 is 2.64 bits per heavy atom. The van der Waals surface area contributed by atoms with Crippen LogP contribution in [-0.2, 0) is 16.6 Å². The van der Waals surface area contributed by atoms with Crippen LogP contribution in [0, 0.1) is 11.7 Å². The van der Waals surface area contributed by atoms with Crippen molar-refractivity contribution < 1.29 is 17.6 Å². The normalized spacial score (nSPS) is 18.0. The number of sulfonamides is 1. The summed E-state index contributed by atoms with van der Waals surface area (Å²) < 4.78 is 40.4. The minimum atomic E-state index is -3.77. The molecule has 8 heteroatoms. The average Bonchev–Trinajstić information content (AvgIpc) is 2.67. The SMILES string of the molecule is C[C@H]1CCCN(S(=O)(=O)c2cc(C(=O)NCc3ccc(F)cc3)ccc2Cl)C1. The third kappa shape index (κ3) is 4.71. The van der Waals surface area contributed by atoms with Gasteiger partial charge in [0.05, 0.1) is 5.02 Å². The Kier molecular flexibility index (Phi) is 6.37. The lowest BCUT2D eigenvalue weighted by Gasteiger charge is -2.30. The number of carbonyl (C=O) groups excluding carboxylic acids is 1. The van der Waals surface area contributed by atoms with Crippen molar-refractivity contribution in [2.24, 2.45) is 5.92 Å². The minimum absolute atomic E-state index is 0.0577. The molecule has 2 aromatic rings. The summed E-state index contributed by atoms with van der Waals surface area (Å²) >= 11 is 6.16. The van der Waals surface area contributed by atoms with Crippen LogP contribution in [0.25, 0.3) is 0 Å². The molecule has 0 bridgehead atoms. The van der Waals surface area contributed by atoms with Gasteiger partial charge in [0, 0.05) is 25.2 Å². The first-order valence-electron chi connectivity index (χ1n) is 9.09. The van der Waals surface area contributed by atoms with Gasteiger partial charge in [-0.15, -0.1) is 0 Å². The molecule has 0 spiro atoms. The quantitative estimate of drug-likeness (QED) is 0.793. The molecule has 1 heterocycles. The van der Waals surface area contributed by atoms with Gasteiger partial charge in [0.2, 0.25) is 10.0 Å². The van der Waals surface area contributed by atoms with Gasteiger partial charge < -0.3 is 5.32 Å². The summed E-state index contributed by atoms with van der Waals surface area (Å²) in [7, 11) is -3.77. The first kappa shape index (κ1) is 20.8. The Balaban J connectivity index is 1.78. The van der Waals surface area contributed by atoms with E-state index in [1.807, 2.05) is 6.92 Å². The van der Waals surface area contributed by atoms with E-state index in [1.165, 1.54) is 34.6 Å². The maximum atomic E-state index is 13.0. The number of rotatable bonds is 5. The van der Waals surface area contributed by atoms with Crippen molar-refractivity contribution in [2.75, 3.05) is 13.1 Å². The number of piperidine rings is 1. The highest BCUT2D eigenvalue weighted by atomic mass is 35.5. The van der Waals surface area contributed by atoms with Gasteiger partial charge >= 0.3 is 0 Å². The number of nitrogens with zero attached hydrogens (tertiary/aromatic N) is 1. The summed E-state index contributed by atoms with van der Waals surface area (Å²) in [4.78, 5) is 12.4. The van der Waals surface area contributed by atoms with Gasteiger partial charge in [-0.25, -0.2) is 12.8 Å². The summed E-state index contributed by atoms with van der Waals surface area (Å²) in [5, 5.41) is 2.80. The fourth-order valence-electron chi connectivity index (χ4n) is 3.23. The summed E-state index contributed by atoms with van der Waals surface area (Å²) in [6.07, 6.45) is 1.79. The van der Waals surface area contributed by atoms with Crippen LogP contribution in [0.4, 0.5) is 4.39 Å². The molecule has 1 aliphatic rings. The second-order valence-corrected chi connectivity index (χ2v) is 9.38. The van der Waals surface area contributed by atoms with Crippen LogP contribution >= 0.6 is 11.6 Å². The molecule has 0 unspecified atom stereocenters. The second-order valence-electron chi connectivity index (χ2n) is 7.06. The molecule has 3 rings (SSSR count). The molecule has 0 aromatic heterocycles. The van der Waals surface area contributed by atoms with E-state index < -0.39 is 15.9 Å². The van der Waals surface area contributed by atoms with Crippen LogP contribution < -0.4 is 5.32 Å². The minimum Gasteiger partial charge on any atom is -0.348 e. The van der Waals surface area contributed by atoms with Gasteiger partial charge in [0.1, 0.15) is 10.7 Å². The highest BCUT2D eigenvalue weighted by Crippen LogP contribution is 2.29. The van der Waals surface area contributed by atoms with Crippen molar-refractivity contribution in [3.8, 4) is 0 Å². The number of benzene rings is 2. The zero-order valence-corrected chi connectivity index (χ0v) is 17.1. The molecular weight excluding hydrogens is 403 g/mol. The summed E-state index contributed by atoms with van der Waals surface area (Å²) in [6, 6.07) is 10.0. The number of amides is 1. The smallest absolute Gasteiger partial charge is 0.251 e. The van der Waals surface area contributed by atoms with E-state index in [4.69, 9.17) is 11.6 Å². The highest BCUT2D eigenvalue weighted by Gasteiger charge is 2.30. The molecule has 1 saturated heterocycles. The number of halogens is 2. The van der Waals surface area contributed by atoms with Gasteiger partial charge in [0.25, 0.3) is 5.91 Å². The van der Waals surface area contributed by atoms with Crippen molar-refractivity contribution in [3.05, 3.63) is 64.4 Å². The summed E-state index contributed by atoms with van der Waals surface area (Å²) in [6.45, 7) is 3.11.